The van der Waals surface area contributed by atoms with E-state index in [1.807, 2.05) is 21.1 Å². The molecule has 0 heterocycles. The Kier molecular flexibility index (Phi) is 29.3. The van der Waals surface area contributed by atoms with Crippen molar-refractivity contribution >= 4 is 13.8 Å². The lowest BCUT2D eigenvalue weighted by atomic mass is 10.1. The van der Waals surface area contributed by atoms with Crippen LogP contribution < -0.4 is 0 Å². The summed E-state index contributed by atoms with van der Waals surface area (Å²) in [6, 6.07) is 0. The number of nitrogens with zero attached hydrogens (tertiary/aromatic N) is 1. The van der Waals surface area contributed by atoms with Crippen LogP contribution >= 0.6 is 7.82 Å². The minimum atomic E-state index is -4.27. The molecule has 0 aliphatic carbocycles. The molecule has 0 rings (SSSR count). The summed E-state index contributed by atoms with van der Waals surface area (Å²) >= 11 is 0. The number of carbonyl (C=O) groups excluding carboxylic acids is 1. The molecule has 0 aliphatic heterocycles. The van der Waals surface area contributed by atoms with E-state index in [0.717, 1.165) is 51.4 Å². The Balaban J connectivity index is 4.42. The summed E-state index contributed by atoms with van der Waals surface area (Å²) in [6.07, 6.45) is 35.5. The van der Waals surface area contributed by atoms with Gasteiger partial charge in [0.25, 0.3) is 0 Å². The number of allylic oxidation sites excluding steroid dienone is 10. The fourth-order valence-corrected chi connectivity index (χ4v) is 4.86. The van der Waals surface area contributed by atoms with E-state index >= 15 is 0 Å². The van der Waals surface area contributed by atoms with Gasteiger partial charge in [-0.3, -0.25) is 13.8 Å². The zero-order valence-electron chi connectivity index (χ0n) is 29.8. The highest BCUT2D eigenvalue weighted by Crippen LogP contribution is 2.43. The molecule has 2 unspecified atom stereocenters. The fourth-order valence-electron chi connectivity index (χ4n) is 4.11. The normalized spacial score (nSPS) is 14.8. The van der Waals surface area contributed by atoms with Gasteiger partial charge in [0.15, 0.2) is 0 Å². The molecule has 0 aromatic carbocycles. The molecule has 0 spiro atoms. The van der Waals surface area contributed by atoms with Gasteiger partial charge in [0.1, 0.15) is 19.3 Å². The zero-order valence-corrected chi connectivity index (χ0v) is 30.7. The maximum atomic E-state index is 12.5. The summed E-state index contributed by atoms with van der Waals surface area (Å²) in [7, 11) is 1.62. The van der Waals surface area contributed by atoms with Crippen LogP contribution in [-0.4, -0.2) is 75.6 Å². The Labute approximate surface area is 281 Å². The van der Waals surface area contributed by atoms with Crippen molar-refractivity contribution in [2.45, 2.75) is 116 Å². The molecule has 2 atom stereocenters. The number of phosphoric acid groups is 1. The second kappa shape index (κ2) is 30.5. The predicted octanol–water partition coefficient (Wildman–Crippen LogP) is 9.43. The summed E-state index contributed by atoms with van der Waals surface area (Å²) in [5, 5.41) is 0. The Morgan fingerprint density at radius 1 is 0.696 bits per heavy atom. The first-order valence-corrected chi connectivity index (χ1v) is 19.0. The molecular weight excluding hydrogens is 601 g/mol. The molecule has 0 saturated carbocycles. The average molecular weight is 669 g/mol. The monoisotopic (exact) mass is 668 g/mol. The van der Waals surface area contributed by atoms with E-state index in [-0.39, 0.29) is 32.2 Å². The zero-order chi connectivity index (χ0) is 34.2. The highest BCUT2D eigenvalue weighted by Gasteiger charge is 2.26. The Bertz CT molecular complexity index is 921. The molecule has 0 aliphatic rings. The van der Waals surface area contributed by atoms with Crippen LogP contribution in [0.2, 0.25) is 0 Å². The number of esters is 1. The number of quaternary nitrogens is 1. The van der Waals surface area contributed by atoms with E-state index in [4.69, 9.17) is 18.5 Å². The molecule has 0 aromatic rings. The van der Waals surface area contributed by atoms with Gasteiger partial charge in [-0.25, -0.2) is 4.57 Å². The predicted molar refractivity (Wildman–Crippen MR) is 192 cm³/mol. The first-order chi connectivity index (χ1) is 22.1. The summed E-state index contributed by atoms with van der Waals surface area (Å²) < 4.78 is 34.6. The minimum Gasteiger partial charge on any atom is -0.457 e. The van der Waals surface area contributed by atoms with E-state index in [2.05, 4.69) is 74.6 Å². The number of unbranched alkanes of at least 4 members (excludes halogenated alkanes) is 7. The van der Waals surface area contributed by atoms with E-state index < -0.39 is 13.9 Å². The van der Waals surface area contributed by atoms with Gasteiger partial charge in [-0.1, -0.05) is 113 Å². The number of phosphoric ester groups is 1. The number of ether oxygens (including phenoxy) is 2. The molecule has 0 radical (unpaired) electrons. The summed E-state index contributed by atoms with van der Waals surface area (Å²) in [5.41, 5.74) is 0. The van der Waals surface area contributed by atoms with E-state index in [1.165, 1.54) is 32.1 Å². The third-order valence-electron chi connectivity index (χ3n) is 6.84. The molecule has 0 bridgehead atoms. The molecular formula is C37H67NO7P+. The van der Waals surface area contributed by atoms with Gasteiger partial charge in [0.2, 0.25) is 0 Å². The molecule has 8 nitrogen and oxygen atoms in total. The lowest BCUT2D eigenvalue weighted by Crippen LogP contribution is -2.37. The average Bonchev–Trinajstić information content (AvgIpc) is 2.99. The summed E-state index contributed by atoms with van der Waals surface area (Å²) in [5.74, 6) is -0.376. The fraction of sp³-hybridized carbons (Fsp3) is 0.703. The lowest BCUT2D eigenvalue weighted by Gasteiger charge is -2.24. The van der Waals surface area contributed by atoms with Gasteiger partial charge in [-0.15, -0.1) is 0 Å². The Morgan fingerprint density at radius 2 is 1.24 bits per heavy atom. The third-order valence-corrected chi connectivity index (χ3v) is 7.83. The largest absolute Gasteiger partial charge is 0.472 e. The van der Waals surface area contributed by atoms with Crippen LogP contribution in [0.4, 0.5) is 0 Å². The molecule has 0 saturated heterocycles. The van der Waals surface area contributed by atoms with E-state index in [0.29, 0.717) is 24.1 Å². The van der Waals surface area contributed by atoms with Crippen LogP contribution in [0.1, 0.15) is 110 Å². The molecule has 1 N–H and O–H groups in total. The third kappa shape index (κ3) is 33.6. The highest BCUT2D eigenvalue weighted by molar-refractivity contribution is 7.47. The van der Waals surface area contributed by atoms with Gasteiger partial charge < -0.3 is 18.9 Å². The highest BCUT2D eigenvalue weighted by atomic mass is 31.2. The second-order valence-corrected chi connectivity index (χ2v) is 14.0. The van der Waals surface area contributed by atoms with Crippen molar-refractivity contribution in [3.05, 3.63) is 60.8 Å². The van der Waals surface area contributed by atoms with Crippen LogP contribution in [0.3, 0.4) is 0 Å². The Hall–Kier alpha value is -1.80. The van der Waals surface area contributed by atoms with Crippen molar-refractivity contribution in [2.24, 2.45) is 0 Å². The standard InChI is InChI=1S/C37H66NO7P/c1-6-8-10-12-14-15-16-17-18-19-20-21-22-23-24-26-28-30-37(39)45-36(34-42-32-29-27-25-13-11-9-7-2)35-44-46(40,41)43-33-31-38(3,4)5/h8,10,14-15,17-18,20-21,23-24,36H,6-7,9,11-13,16,19,22,25-35H2,1-5H3/p+1/b10-8-,15-14-,18-17-,21-20-,24-23-. The van der Waals surface area contributed by atoms with Crippen molar-refractivity contribution in [3.8, 4) is 0 Å². The molecule has 266 valence electrons. The molecule has 0 amide bonds. The smallest absolute Gasteiger partial charge is 0.457 e. The number of carbonyl (C=O) groups is 1. The van der Waals surface area contributed by atoms with Crippen molar-refractivity contribution in [2.75, 3.05) is 54.1 Å². The number of hydrogen-bond acceptors (Lipinski definition) is 6. The minimum absolute atomic E-state index is 0.0757. The van der Waals surface area contributed by atoms with Crippen LogP contribution in [0.5, 0.6) is 0 Å². The van der Waals surface area contributed by atoms with Gasteiger partial charge in [-0.2, -0.15) is 0 Å². The van der Waals surface area contributed by atoms with E-state index in [9.17, 15) is 14.3 Å². The van der Waals surface area contributed by atoms with Gasteiger partial charge in [-0.05, 0) is 51.4 Å². The molecule has 9 heteroatoms. The van der Waals surface area contributed by atoms with Crippen LogP contribution in [0, 0.1) is 0 Å². The number of hydrogen-bond donors (Lipinski definition) is 1. The van der Waals surface area contributed by atoms with Crippen molar-refractivity contribution in [3.63, 3.8) is 0 Å². The van der Waals surface area contributed by atoms with Gasteiger partial charge in [0, 0.05) is 13.0 Å². The van der Waals surface area contributed by atoms with Crippen LogP contribution in [-0.2, 0) is 27.9 Å². The maximum absolute atomic E-state index is 12.5. The molecule has 0 aromatic heterocycles. The topological polar surface area (TPSA) is 91.3 Å². The number of likely N-dealkylation sites (N-methyl/N-ethyl adjacent to an activating group) is 1. The second-order valence-electron chi connectivity index (χ2n) is 12.5. The van der Waals surface area contributed by atoms with Crippen molar-refractivity contribution in [1.29, 1.82) is 0 Å². The summed E-state index contributed by atoms with van der Waals surface area (Å²) in [6.45, 7) is 5.36. The quantitative estimate of drug-likeness (QED) is 0.0259. The SMILES string of the molecule is CC/C=C\C/C=C\C/C=C\C/C=C\C/C=C\CCCC(=O)OC(COCCCCCCCCC)COP(=O)(O)OCC[N+](C)(C)C. The van der Waals surface area contributed by atoms with Crippen molar-refractivity contribution < 1.29 is 37.3 Å². The molecule has 46 heavy (non-hydrogen) atoms. The first kappa shape index (κ1) is 44.2. The summed E-state index contributed by atoms with van der Waals surface area (Å²) in [4.78, 5) is 22.6. The number of rotatable bonds is 31. The van der Waals surface area contributed by atoms with E-state index in [1.54, 1.807) is 0 Å². The van der Waals surface area contributed by atoms with Crippen molar-refractivity contribution in [1.82, 2.24) is 0 Å². The van der Waals surface area contributed by atoms with Crippen LogP contribution in [0.15, 0.2) is 60.8 Å². The van der Waals surface area contributed by atoms with Gasteiger partial charge in [0.05, 0.1) is 34.4 Å². The Morgan fingerprint density at radius 3 is 1.80 bits per heavy atom. The lowest BCUT2D eigenvalue weighted by molar-refractivity contribution is -0.870. The maximum Gasteiger partial charge on any atom is 0.472 e. The first-order valence-electron chi connectivity index (χ1n) is 17.5. The van der Waals surface area contributed by atoms with Gasteiger partial charge >= 0.3 is 13.8 Å². The molecule has 0 fully saturated rings. The van der Waals surface area contributed by atoms with Crippen LogP contribution in [0.25, 0.3) is 0 Å².